The molecule has 0 unspecified atom stereocenters. The van der Waals surface area contributed by atoms with Crippen LogP contribution in [0.5, 0.6) is 5.75 Å². The van der Waals surface area contributed by atoms with Gasteiger partial charge in [-0.1, -0.05) is 39.3 Å². The average molecular weight is 402 g/mol. The lowest BCUT2D eigenvalue weighted by Crippen LogP contribution is -2.29. The number of amides is 1. The molecule has 1 aromatic heterocycles. The van der Waals surface area contributed by atoms with Crippen molar-refractivity contribution in [1.82, 2.24) is 10.3 Å². The van der Waals surface area contributed by atoms with Gasteiger partial charge in [-0.15, -0.1) is 0 Å². The number of aryl methyl sites for hydroxylation is 1. The summed E-state index contributed by atoms with van der Waals surface area (Å²) in [5.74, 6) is -0.842. The minimum Gasteiger partial charge on any atom is -0.508 e. The lowest BCUT2D eigenvalue weighted by Gasteiger charge is -2.19. The number of phenolic OH excluding ortho intramolecular Hbond substituents is 1. The van der Waals surface area contributed by atoms with Crippen molar-refractivity contribution >= 4 is 23.3 Å². The van der Waals surface area contributed by atoms with E-state index in [1.54, 1.807) is 12.1 Å². The Kier molecular flexibility index (Phi) is 10.1. The van der Waals surface area contributed by atoms with Crippen molar-refractivity contribution in [3.63, 3.8) is 0 Å². The highest BCUT2D eigenvalue weighted by molar-refractivity contribution is 5.97. The quantitative estimate of drug-likeness (QED) is 0.384. The van der Waals surface area contributed by atoms with Crippen molar-refractivity contribution in [2.24, 2.45) is 5.73 Å². The van der Waals surface area contributed by atoms with Gasteiger partial charge in [0.2, 0.25) is 6.41 Å². The Morgan fingerprint density at radius 1 is 1.34 bits per heavy atom. The van der Waals surface area contributed by atoms with Gasteiger partial charge in [0, 0.05) is 23.2 Å². The van der Waals surface area contributed by atoms with E-state index >= 15 is 0 Å². The van der Waals surface area contributed by atoms with Crippen molar-refractivity contribution in [3.05, 3.63) is 54.4 Å². The number of aromatic carboxylic acids is 1. The third kappa shape index (κ3) is 7.73. The smallest absolute Gasteiger partial charge is 0.352 e. The highest BCUT2D eigenvalue weighted by Gasteiger charge is 2.15. The number of hydrogen-bond donors (Lipinski definition) is 5. The molecule has 6 N–H and O–H groups in total. The minimum atomic E-state index is -0.970. The fourth-order valence-electron chi connectivity index (χ4n) is 3.16. The molecule has 3 rings (SSSR count). The molecule has 1 amide bonds. The molecular formula is C22H31N3O4. The number of carbonyl (C=O) groups is 2. The zero-order valence-electron chi connectivity index (χ0n) is 16.9. The second kappa shape index (κ2) is 12.3. The molecule has 0 bridgehead atoms. The second-order valence-electron chi connectivity index (χ2n) is 6.77. The lowest BCUT2D eigenvalue weighted by atomic mass is 9.96. The monoisotopic (exact) mass is 401 g/mol. The fourth-order valence-corrected chi connectivity index (χ4v) is 3.16. The Labute approximate surface area is 171 Å². The average Bonchev–Trinajstić information content (AvgIpc) is 3.08. The predicted molar refractivity (Wildman–Crippen MR) is 116 cm³/mol. The number of benzene rings is 1. The first-order valence-electron chi connectivity index (χ1n) is 9.67. The molecule has 1 aromatic carbocycles. The number of allylic oxidation sites excluding steroid dienone is 1. The van der Waals surface area contributed by atoms with E-state index < -0.39 is 5.97 Å². The third-order valence-corrected chi connectivity index (χ3v) is 4.63. The maximum Gasteiger partial charge on any atom is 0.352 e. The zero-order valence-corrected chi connectivity index (χ0v) is 16.9. The third-order valence-electron chi connectivity index (χ3n) is 4.63. The number of nitrogens with one attached hydrogen (secondary N) is 2. The summed E-state index contributed by atoms with van der Waals surface area (Å²) >= 11 is 0. The van der Waals surface area contributed by atoms with Crippen LogP contribution in [0.4, 0.5) is 0 Å². The molecule has 29 heavy (non-hydrogen) atoms. The molecule has 7 nitrogen and oxygen atoms in total. The van der Waals surface area contributed by atoms with Gasteiger partial charge in [-0.05, 0) is 43.0 Å². The van der Waals surface area contributed by atoms with Gasteiger partial charge < -0.3 is 26.2 Å². The molecule has 1 aliphatic carbocycles. The standard InChI is InChI=1S/C11H11NO3.C7H13NO.C4H7N/c1-2-7-8-4-3-6(13)5-9(8)12-10(7)11(14)15;9-6-8-7-4-2-1-3-5-7;1-3-4(2)5/h3-5,12-13H,2H2,1H3,(H,14,15);6-7H,1-5H2,(H,8,9);3H,1-2,5H2. The number of carbonyl (C=O) groups excluding carboxylic acids is 1. The van der Waals surface area contributed by atoms with Crippen LogP contribution in [0.15, 0.2) is 43.1 Å². The first-order chi connectivity index (χ1) is 13.8. The highest BCUT2D eigenvalue weighted by atomic mass is 16.4. The van der Waals surface area contributed by atoms with Gasteiger partial charge in [0.05, 0.1) is 5.52 Å². The number of hydrogen-bond acceptors (Lipinski definition) is 4. The molecule has 158 valence electrons. The van der Waals surface area contributed by atoms with Gasteiger partial charge in [0.15, 0.2) is 0 Å². The summed E-state index contributed by atoms with van der Waals surface area (Å²) in [6.07, 6.45) is 9.23. The summed E-state index contributed by atoms with van der Waals surface area (Å²) in [5.41, 5.74) is 7.14. The van der Waals surface area contributed by atoms with Crippen LogP contribution in [-0.4, -0.2) is 33.6 Å². The van der Waals surface area contributed by atoms with Gasteiger partial charge in [0.25, 0.3) is 0 Å². The van der Waals surface area contributed by atoms with Crippen LogP contribution in [0, 0.1) is 0 Å². The Balaban J connectivity index is 0.000000255. The Hall–Kier alpha value is -3.22. The van der Waals surface area contributed by atoms with Crippen molar-refractivity contribution in [3.8, 4) is 5.75 Å². The van der Waals surface area contributed by atoms with E-state index in [1.165, 1.54) is 44.2 Å². The number of phenols is 1. The molecule has 0 spiro atoms. The van der Waals surface area contributed by atoms with Gasteiger partial charge in [-0.25, -0.2) is 4.79 Å². The van der Waals surface area contributed by atoms with Crippen molar-refractivity contribution in [2.45, 2.75) is 51.5 Å². The number of nitrogens with two attached hydrogens (primary N) is 1. The minimum absolute atomic E-state index is 0.128. The SMILES string of the molecule is C=CC(=C)N.CCc1c(C(=O)O)[nH]c2cc(O)ccc12.O=CNC1CCCCC1. The number of fused-ring (bicyclic) bond motifs is 1. The number of rotatable bonds is 5. The molecular weight excluding hydrogens is 370 g/mol. The normalized spacial score (nSPS) is 13.3. The maximum atomic E-state index is 10.9. The first kappa shape index (κ1) is 23.8. The summed E-state index contributed by atoms with van der Waals surface area (Å²) in [7, 11) is 0. The van der Waals surface area contributed by atoms with E-state index in [2.05, 4.69) is 23.5 Å². The van der Waals surface area contributed by atoms with E-state index in [1.807, 2.05) is 6.92 Å². The largest absolute Gasteiger partial charge is 0.508 e. The van der Waals surface area contributed by atoms with Crippen molar-refractivity contribution < 1.29 is 19.8 Å². The number of aromatic nitrogens is 1. The fraction of sp³-hybridized carbons (Fsp3) is 0.364. The Morgan fingerprint density at radius 2 is 1.97 bits per heavy atom. The Bertz CT molecular complexity index is 836. The van der Waals surface area contributed by atoms with Gasteiger partial charge >= 0.3 is 5.97 Å². The van der Waals surface area contributed by atoms with Gasteiger partial charge in [-0.2, -0.15) is 0 Å². The topological polar surface area (TPSA) is 128 Å². The van der Waals surface area contributed by atoms with E-state index in [-0.39, 0.29) is 11.4 Å². The van der Waals surface area contributed by atoms with Crippen LogP contribution >= 0.6 is 0 Å². The summed E-state index contributed by atoms with van der Waals surface area (Å²) in [4.78, 5) is 23.7. The van der Waals surface area contributed by atoms with Crippen LogP contribution in [0.25, 0.3) is 10.9 Å². The molecule has 0 radical (unpaired) electrons. The van der Waals surface area contributed by atoms with Crippen molar-refractivity contribution in [1.29, 1.82) is 0 Å². The molecule has 1 fully saturated rings. The molecule has 0 atom stereocenters. The maximum absolute atomic E-state index is 10.9. The summed E-state index contributed by atoms with van der Waals surface area (Å²) in [6, 6.07) is 5.30. The summed E-state index contributed by atoms with van der Waals surface area (Å²) in [6.45, 7) is 8.57. The van der Waals surface area contributed by atoms with E-state index in [0.717, 1.165) is 17.4 Å². The van der Waals surface area contributed by atoms with E-state index in [4.69, 9.17) is 10.8 Å². The number of H-pyrrole nitrogens is 1. The molecule has 1 saturated carbocycles. The predicted octanol–water partition coefficient (Wildman–Crippen LogP) is 3.84. The molecule has 2 aromatic rings. The molecule has 0 saturated heterocycles. The molecule has 0 aliphatic heterocycles. The van der Waals surface area contributed by atoms with E-state index in [0.29, 0.717) is 23.7 Å². The van der Waals surface area contributed by atoms with Crippen LogP contribution in [-0.2, 0) is 11.2 Å². The van der Waals surface area contributed by atoms with Crippen LogP contribution in [0.3, 0.4) is 0 Å². The summed E-state index contributed by atoms with van der Waals surface area (Å²) in [5, 5.41) is 21.9. The first-order valence-corrected chi connectivity index (χ1v) is 9.67. The highest BCUT2D eigenvalue weighted by Crippen LogP contribution is 2.26. The van der Waals surface area contributed by atoms with Crippen LogP contribution in [0.2, 0.25) is 0 Å². The Morgan fingerprint density at radius 3 is 2.45 bits per heavy atom. The lowest BCUT2D eigenvalue weighted by molar-refractivity contribution is -0.110. The van der Waals surface area contributed by atoms with Crippen molar-refractivity contribution in [2.75, 3.05) is 0 Å². The van der Waals surface area contributed by atoms with Crippen LogP contribution in [0.1, 0.15) is 55.1 Å². The zero-order chi connectivity index (χ0) is 21.8. The number of aromatic amines is 1. The van der Waals surface area contributed by atoms with Crippen LogP contribution < -0.4 is 11.1 Å². The van der Waals surface area contributed by atoms with Gasteiger partial charge in [0.1, 0.15) is 11.4 Å². The molecule has 1 aliphatic rings. The summed E-state index contributed by atoms with van der Waals surface area (Å²) < 4.78 is 0. The second-order valence-corrected chi connectivity index (χ2v) is 6.77. The molecule has 7 heteroatoms. The van der Waals surface area contributed by atoms with E-state index in [9.17, 15) is 14.7 Å². The molecule has 1 heterocycles. The number of aromatic hydroxyl groups is 1. The number of carboxylic acid groups (broad SMARTS) is 1. The van der Waals surface area contributed by atoms with Gasteiger partial charge in [-0.3, -0.25) is 4.79 Å². The number of carboxylic acids is 1.